The molecule has 1 heteroatoms. The van der Waals surface area contributed by atoms with Gasteiger partial charge in [-0.3, -0.25) is 4.99 Å². The Hall–Kier alpha value is -0.330. The van der Waals surface area contributed by atoms with E-state index in [9.17, 15) is 0 Å². The SMILES string of the molecule is CN=C1C(C)CCCC1(C)C. The van der Waals surface area contributed by atoms with E-state index in [2.05, 4.69) is 25.8 Å². The molecular formula is C10H19N. The highest BCUT2D eigenvalue weighted by Crippen LogP contribution is 2.35. The van der Waals surface area contributed by atoms with Gasteiger partial charge in [-0.1, -0.05) is 27.2 Å². The van der Waals surface area contributed by atoms with E-state index in [-0.39, 0.29) is 0 Å². The Morgan fingerprint density at radius 1 is 1.45 bits per heavy atom. The molecule has 1 atom stereocenters. The zero-order valence-corrected chi connectivity index (χ0v) is 8.15. The Morgan fingerprint density at radius 3 is 2.45 bits per heavy atom. The Morgan fingerprint density at radius 2 is 2.09 bits per heavy atom. The molecule has 0 bridgehead atoms. The molecule has 0 aliphatic heterocycles. The summed E-state index contributed by atoms with van der Waals surface area (Å²) in [5.41, 5.74) is 1.79. The Labute approximate surface area is 69.9 Å². The first kappa shape index (κ1) is 8.76. The summed E-state index contributed by atoms with van der Waals surface area (Å²) in [7, 11) is 1.93. The highest BCUT2D eigenvalue weighted by atomic mass is 14.7. The number of hydrogen-bond donors (Lipinski definition) is 0. The van der Waals surface area contributed by atoms with Crippen molar-refractivity contribution in [1.29, 1.82) is 0 Å². The second-order valence-corrected chi connectivity index (χ2v) is 4.29. The van der Waals surface area contributed by atoms with Crippen LogP contribution in [0, 0.1) is 11.3 Å². The van der Waals surface area contributed by atoms with Crippen LogP contribution in [-0.2, 0) is 0 Å². The van der Waals surface area contributed by atoms with E-state index in [1.165, 1.54) is 25.0 Å². The zero-order chi connectivity index (χ0) is 8.48. The number of hydrogen-bond acceptors (Lipinski definition) is 1. The molecule has 1 aliphatic rings. The summed E-state index contributed by atoms with van der Waals surface area (Å²) in [6.45, 7) is 6.92. The molecule has 64 valence electrons. The van der Waals surface area contributed by atoms with Gasteiger partial charge >= 0.3 is 0 Å². The lowest BCUT2D eigenvalue weighted by molar-refractivity contribution is 0.371. The molecule has 0 radical (unpaired) electrons. The van der Waals surface area contributed by atoms with Crippen LogP contribution in [0.2, 0.25) is 0 Å². The van der Waals surface area contributed by atoms with Gasteiger partial charge in [0.1, 0.15) is 0 Å². The third-order valence-electron chi connectivity index (χ3n) is 2.84. The molecule has 0 amide bonds. The lowest BCUT2D eigenvalue weighted by Gasteiger charge is -2.35. The monoisotopic (exact) mass is 153 g/mol. The van der Waals surface area contributed by atoms with Crippen molar-refractivity contribution in [2.75, 3.05) is 7.05 Å². The molecule has 1 nitrogen and oxygen atoms in total. The average Bonchev–Trinajstić information content (AvgIpc) is 1.86. The molecule has 0 aromatic carbocycles. The van der Waals surface area contributed by atoms with Crippen molar-refractivity contribution in [3.8, 4) is 0 Å². The highest BCUT2D eigenvalue weighted by Gasteiger charge is 2.31. The molecule has 0 N–H and O–H groups in total. The first-order valence-electron chi connectivity index (χ1n) is 4.55. The first-order chi connectivity index (χ1) is 5.08. The van der Waals surface area contributed by atoms with Gasteiger partial charge in [-0.25, -0.2) is 0 Å². The quantitative estimate of drug-likeness (QED) is 0.507. The van der Waals surface area contributed by atoms with Crippen LogP contribution in [0.25, 0.3) is 0 Å². The fourth-order valence-corrected chi connectivity index (χ4v) is 2.31. The number of nitrogens with zero attached hydrogens (tertiary/aromatic N) is 1. The van der Waals surface area contributed by atoms with Crippen LogP contribution in [0.15, 0.2) is 4.99 Å². The smallest absolute Gasteiger partial charge is 0.0276 e. The summed E-state index contributed by atoms with van der Waals surface area (Å²) in [5.74, 6) is 0.712. The van der Waals surface area contributed by atoms with Gasteiger partial charge in [0.15, 0.2) is 0 Å². The van der Waals surface area contributed by atoms with Crippen molar-refractivity contribution in [3.05, 3.63) is 0 Å². The Bertz CT molecular complexity index is 168. The fourth-order valence-electron chi connectivity index (χ4n) is 2.31. The highest BCUT2D eigenvalue weighted by molar-refractivity contribution is 5.91. The first-order valence-corrected chi connectivity index (χ1v) is 4.55. The van der Waals surface area contributed by atoms with Gasteiger partial charge < -0.3 is 0 Å². The molecule has 1 fully saturated rings. The molecule has 1 aliphatic carbocycles. The van der Waals surface area contributed by atoms with Crippen LogP contribution >= 0.6 is 0 Å². The van der Waals surface area contributed by atoms with Crippen LogP contribution in [0.5, 0.6) is 0 Å². The van der Waals surface area contributed by atoms with Crippen LogP contribution in [0.1, 0.15) is 40.0 Å². The summed E-state index contributed by atoms with van der Waals surface area (Å²) in [4.78, 5) is 4.40. The molecule has 1 saturated carbocycles. The van der Waals surface area contributed by atoms with E-state index in [1.54, 1.807) is 0 Å². The standard InChI is InChI=1S/C10H19N/c1-8-6-5-7-10(2,3)9(8)11-4/h8H,5-7H2,1-4H3. The maximum Gasteiger partial charge on any atom is 0.0276 e. The molecule has 0 saturated heterocycles. The van der Waals surface area contributed by atoms with Gasteiger partial charge in [0.05, 0.1) is 0 Å². The second-order valence-electron chi connectivity index (χ2n) is 4.29. The van der Waals surface area contributed by atoms with Crippen molar-refractivity contribution in [2.45, 2.75) is 40.0 Å². The van der Waals surface area contributed by atoms with Gasteiger partial charge in [-0.15, -0.1) is 0 Å². The maximum atomic E-state index is 4.40. The second kappa shape index (κ2) is 2.96. The summed E-state index contributed by atoms with van der Waals surface area (Å²) in [6.07, 6.45) is 4.01. The fraction of sp³-hybridized carbons (Fsp3) is 0.900. The van der Waals surface area contributed by atoms with Crippen LogP contribution in [0.3, 0.4) is 0 Å². The molecule has 0 aromatic rings. The third kappa shape index (κ3) is 1.63. The van der Waals surface area contributed by atoms with Gasteiger partial charge in [0.2, 0.25) is 0 Å². The van der Waals surface area contributed by atoms with Gasteiger partial charge in [0.25, 0.3) is 0 Å². The minimum atomic E-state index is 0.367. The topological polar surface area (TPSA) is 12.4 Å². The average molecular weight is 153 g/mol. The van der Waals surface area contributed by atoms with E-state index in [4.69, 9.17) is 0 Å². The van der Waals surface area contributed by atoms with Crippen LogP contribution in [0.4, 0.5) is 0 Å². The van der Waals surface area contributed by atoms with Crippen molar-refractivity contribution >= 4 is 5.71 Å². The zero-order valence-electron chi connectivity index (χ0n) is 8.15. The summed E-state index contributed by atoms with van der Waals surface area (Å²) >= 11 is 0. The lowest BCUT2D eigenvalue weighted by atomic mass is 9.71. The predicted octanol–water partition coefficient (Wildman–Crippen LogP) is 2.90. The molecule has 1 unspecified atom stereocenters. The van der Waals surface area contributed by atoms with Crippen LogP contribution in [-0.4, -0.2) is 12.8 Å². The third-order valence-corrected chi connectivity index (χ3v) is 2.84. The van der Waals surface area contributed by atoms with E-state index in [0.717, 1.165) is 0 Å². The molecule has 0 spiro atoms. The molecule has 11 heavy (non-hydrogen) atoms. The van der Waals surface area contributed by atoms with Gasteiger partial charge in [0, 0.05) is 18.2 Å². The predicted molar refractivity (Wildman–Crippen MR) is 50.2 cm³/mol. The minimum absolute atomic E-state index is 0.367. The normalized spacial score (nSPS) is 34.2. The summed E-state index contributed by atoms with van der Waals surface area (Å²) in [6, 6.07) is 0. The molecule has 1 rings (SSSR count). The molecule has 0 aromatic heterocycles. The van der Waals surface area contributed by atoms with Gasteiger partial charge in [-0.05, 0) is 18.8 Å². The number of aliphatic imine (C=N–C) groups is 1. The van der Waals surface area contributed by atoms with Crippen molar-refractivity contribution in [3.63, 3.8) is 0 Å². The van der Waals surface area contributed by atoms with E-state index in [1.807, 2.05) is 7.05 Å². The maximum absolute atomic E-state index is 4.40. The largest absolute Gasteiger partial charge is 0.297 e. The van der Waals surface area contributed by atoms with E-state index < -0.39 is 0 Å². The van der Waals surface area contributed by atoms with Gasteiger partial charge in [-0.2, -0.15) is 0 Å². The van der Waals surface area contributed by atoms with Crippen molar-refractivity contribution < 1.29 is 0 Å². The summed E-state index contributed by atoms with van der Waals surface area (Å²) in [5, 5.41) is 0. The van der Waals surface area contributed by atoms with E-state index >= 15 is 0 Å². The Balaban J connectivity index is 2.82. The molecular weight excluding hydrogens is 134 g/mol. The van der Waals surface area contributed by atoms with Crippen LogP contribution < -0.4 is 0 Å². The van der Waals surface area contributed by atoms with Crippen molar-refractivity contribution in [1.82, 2.24) is 0 Å². The lowest BCUT2D eigenvalue weighted by Crippen LogP contribution is -2.33. The van der Waals surface area contributed by atoms with Crippen molar-refractivity contribution in [2.24, 2.45) is 16.3 Å². The molecule has 0 heterocycles. The summed E-state index contributed by atoms with van der Waals surface area (Å²) < 4.78 is 0. The van der Waals surface area contributed by atoms with E-state index in [0.29, 0.717) is 11.3 Å². The number of rotatable bonds is 0. The Kier molecular flexibility index (Phi) is 2.36. The minimum Gasteiger partial charge on any atom is -0.297 e.